The molecule has 114 valence electrons. The van der Waals surface area contributed by atoms with Crippen LogP contribution < -0.4 is 0 Å². The lowest BCUT2D eigenvalue weighted by Gasteiger charge is -2.11. The van der Waals surface area contributed by atoms with Gasteiger partial charge in [-0.1, -0.05) is 34.1 Å². The molecule has 0 fully saturated rings. The average Bonchev–Trinajstić information content (AvgIpc) is 2.99. The molecule has 0 saturated heterocycles. The zero-order valence-electron chi connectivity index (χ0n) is 11.8. The third-order valence-corrected chi connectivity index (χ3v) is 5.68. The number of nitrogens with zero attached hydrogens (tertiary/aromatic N) is 1. The molecule has 0 unspecified atom stereocenters. The zero-order valence-corrected chi connectivity index (χ0v) is 15.8. The van der Waals surface area contributed by atoms with Crippen LogP contribution in [-0.4, -0.2) is 17.1 Å². The molecule has 3 aromatic rings. The SMILES string of the molecule is CCOC(=O)c1cc2sc(Br)cc2n1Cc1ccccc1Br. The van der Waals surface area contributed by atoms with Gasteiger partial charge in [-0.3, -0.25) is 0 Å². The van der Waals surface area contributed by atoms with E-state index in [1.807, 2.05) is 47.9 Å². The number of hydrogen-bond donors (Lipinski definition) is 0. The van der Waals surface area contributed by atoms with Crippen molar-refractivity contribution in [2.75, 3.05) is 6.61 Å². The van der Waals surface area contributed by atoms with E-state index in [1.165, 1.54) is 0 Å². The number of benzene rings is 1. The van der Waals surface area contributed by atoms with Gasteiger partial charge >= 0.3 is 5.97 Å². The summed E-state index contributed by atoms with van der Waals surface area (Å²) in [5, 5.41) is 0. The molecule has 3 rings (SSSR count). The molecule has 0 aliphatic rings. The third-order valence-electron chi connectivity index (χ3n) is 3.33. The van der Waals surface area contributed by atoms with Gasteiger partial charge in [0.05, 0.1) is 20.6 Å². The van der Waals surface area contributed by atoms with Crippen LogP contribution in [0.25, 0.3) is 10.2 Å². The van der Waals surface area contributed by atoms with Crippen molar-refractivity contribution in [2.45, 2.75) is 13.5 Å². The summed E-state index contributed by atoms with van der Waals surface area (Å²) in [6.45, 7) is 2.80. The van der Waals surface area contributed by atoms with E-state index in [4.69, 9.17) is 4.74 Å². The van der Waals surface area contributed by atoms with Crippen molar-refractivity contribution in [1.82, 2.24) is 4.57 Å². The van der Waals surface area contributed by atoms with Gasteiger partial charge in [0.1, 0.15) is 5.69 Å². The average molecular weight is 443 g/mol. The minimum Gasteiger partial charge on any atom is -0.461 e. The van der Waals surface area contributed by atoms with Crippen LogP contribution in [0.4, 0.5) is 0 Å². The first-order chi connectivity index (χ1) is 10.6. The van der Waals surface area contributed by atoms with Gasteiger partial charge in [0.15, 0.2) is 0 Å². The Morgan fingerprint density at radius 3 is 2.77 bits per heavy atom. The number of thiophene rings is 1. The molecule has 0 saturated carbocycles. The molecule has 0 N–H and O–H groups in total. The minimum absolute atomic E-state index is 0.283. The van der Waals surface area contributed by atoms with Crippen molar-refractivity contribution in [3.05, 3.63) is 55.9 Å². The molecule has 0 radical (unpaired) electrons. The van der Waals surface area contributed by atoms with Gasteiger partial charge in [0.2, 0.25) is 0 Å². The van der Waals surface area contributed by atoms with Crippen LogP contribution >= 0.6 is 43.2 Å². The number of hydrogen-bond acceptors (Lipinski definition) is 3. The number of aromatic nitrogens is 1. The van der Waals surface area contributed by atoms with E-state index < -0.39 is 0 Å². The predicted molar refractivity (Wildman–Crippen MR) is 96.7 cm³/mol. The number of ether oxygens (including phenoxy) is 1. The second-order valence-corrected chi connectivity index (χ2v) is 8.04. The Balaban J connectivity index is 2.10. The van der Waals surface area contributed by atoms with Crippen LogP contribution in [-0.2, 0) is 11.3 Å². The Kier molecular flexibility index (Phi) is 4.70. The molecule has 0 aliphatic heterocycles. The summed E-state index contributed by atoms with van der Waals surface area (Å²) in [5.74, 6) is -0.283. The second kappa shape index (κ2) is 6.56. The van der Waals surface area contributed by atoms with Crippen molar-refractivity contribution in [1.29, 1.82) is 0 Å². The van der Waals surface area contributed by atoms with E-state index >= 15 is 0 Å². The minimum atomic E-state index is -0.283. The number of fused-ring (bicyclic) bond motifs is 1. The summed E-state index contributed by atoms with van der Waals surface area (Å²) in [6, 6.07) is 12.0. The highest BCUT2D eigenvalue weighted by molar-refractivity contribution is 9.11. The third kappa shape index (κ3) is 3.00. The Hall–Kier alpha value is -1.11. The molecule has 0 atom stereocenters. The van der Waals surface area contributed by atoms with E-state index in [0.29, 0.717) is 18.8 Å². The molecule has 0 aliphatic carbocycles. The summed E-state index contributed by atoms with van der Waals surface area (Å²) >= 11 is 8.69. The summed E-state index contributed by atoms with van der Waals surface area (Å²) in [4.78, 5) is 12.2. The smallest absolute Gasteiger partial charge is 0.355 e. The monoisotopic (exact) mass is 441 g/mol. The first-order valence-corrected chi connectivity index (χ1v) is 9.19. The van der Waals surface area contributed by atoms with Crippen LogP contribution in [0.5, 0.6) is 0 Å². The normalized spacial score (nSPS) is 11.0. The van der Waals surface area contributed by atoms with Crippen molar-refractivity contribution < 1.29 is 9.53 Å². The molecule has 6 heteroatoms. The molecule has 0 bridgehead atoms. The zero-order chi connectivity index (χ0) is 15.7. The lowest BCUT2D eigenvalue weighted by Crippen LogP contribution is -2.13. The maximum Gasteiger partial charge on any atom is 0.355 e. The Morgan fingerprint density at radius 1 is 1.27 bits per heavy atom. The fourth-order valence-electron chi connectivity index (χ4n) is 2.35. The highest BCUT2D eigenvalue weighted by Gasteiger charge is 2.19. The summed E-state index contributed by atoms with van der Waals surface area (Å²) in [7, 11) is 0. The van der Waals surface area contributed by atoms with Crippen LogP contribution in [0.2, 0.25) is 0 Å². The van der Waals surface area contributed by atoms with Crippen LogP contribution in [0.1, 0.15) is 23.0 Å². The van der Waals surface area contributed by atoms with Gasteiger partial charge in [-0.15, -0.1) is 11.3 Å². The van der Waals surface area contributed by atoms with E-state index in [2.05, 4.69) is 31.9 Å². The van der Waals surface area contributed by atoms with Crippen molar-refractivity contribution in [2.24, 2.45) is 0 Å². The number of rotatable bonds is 4. The van der Waals surface area contributed by atoms with Gasteiger partial charge in [0.25, 0.3) is 0 Å². The lowest BCUT2D eigenvalue weighted by atomic mass is 10.2. The molecule has 0 amide bonds. The Morgan fingerprint density at radius 2 is 2.05 bits per heavy atom. The van der Waals surface area contributed by atoms with Crippen molar-refractivity contribution >= 4 is 59.4 Å². The van der Waals surface area contributed by atoms with Gasteiger partial charge in [-0.25, -0.2) is 4.79 Å². The molecule has 22 heavy (non-hydrogen) atoms. The molecule has 1 aromatic carbocycles. The largest absolute Gasteiger partial charge is 0.461 e. The van der Waals surface area contributed by atoms with Crippen LogP contribution in [0, 0.1) is 0 Å². The van der Waals surface area contributed by atoms with Crippen molar-refractivity contribution in [3.8, 4) is 0 Å². The predicted octanol–water partition coefficient (Wildman–Crippen LogP) is 5.45. The van der Waals surface area contributed by atoms with Crippen LogP contribution in [0.15, 0.2) is 44.7 Å². The van der Waals surface area contributed by atoms with Gasteiger partial charge < -0.3 is 9.30 Å². The molecular formula is C16H13Br2NO2S. The standard InChI is InChI=1S/C16H13Br2NO2S/c1-2-21-16(20)13-7-14-12(8-15(18)22-14)19(13)9-10-5-3-4-6-11(10)17/h3-8H,2,9H2,1H3. The summed E-state index contributed by atoms with van der Waals surface area (Å²) < 4.78 is 10.3. The van der Waals surface area contributed by atoms with E-state index in [0.717, 1.165) is 24.0 Å². The number of carbonyl (C=O) groups is 1. The Bertz CT molecular complexity index is 838. The quantitative estimate of drug-likeness (QED) is 0.503. The maximum atomic E-state index is 12.2. The molecule has 2 aromatic heterocycles. The summed E-state index contributed by atoms with van der Waals surface area (Å²) in [5.41, 5.74) is 2.75. The number of esters is 1. The lowest BCUT2D eigenvalue weighted by molar-refractivity contribution is 0.0515. The number of carbonyl (C=O) groups excluding carboxylic acids is 1. The van der Waals surface area contributed by atoms with Gasteiger partial charge in [-0.2, -0.15) is 0 Å². The fraction of sp³-hybridized carbons (Fsp3) is 0.188. The van der Waals surface area contributed by atoms with E-state index in [-0.39, 0.29) is 5.97 Å². The highest BCUT2D eigenvalue weighted by atomic mass is 79.9. The first-order valence-electron chi connectivity index (χ1n) is 6.79. The molecular weight excluding hydrogens is 430 g/mol. The first kappa shape index (κ1) is 15.8. The summed E-state index contributed by atoms with van der Waals surface area (Å²) in [6.07, 6.45) is 0. The fourth-order valence-corrected chi connectivity index (χ4v) is 4.33. The molecule has 0 spiro atoms. The van der Waals surface area contributed by atoms with E-state index in [1.54, 1.807) is 11.3 Å². The molecule has 3 nitrogen and oxygen atoms in total. The van der Waals surface area contributed by atoms with Gasteiger partial charge in [0, 0.05) is 11.0 Å². The second-order valence-electron chi connectivity index (χ2n) is 4.73. The maximum absolute atomic E-state index is 12.2. The molecule has 2 heterocycles. The van der Waals surface area contributed by atoms with Crippen molar-refractivity contribution in [3.63, 3.8) is 0 Å². The topological polar surface area (TPSA) is 31.2 Å². The van der Waals surface area contributed by atoms with E-state index in [9.17, 15) is 4.79 Å². The Labute approximate surface area is 149 Å². The van der Waals surface area contributed by atoms with Crippen LogP contribution in [0.3, 0.4) is 0 Å². The highest BCUT2D eigenvalue weighted by Crippen LogP contribution is 2.33. The van der Waals surface area contributed by atoms with Gasteiger partial charge in [-0.05, 0) is 46.6 Å². The number of halogens is 2.